The van der Waals surface area contributed by atoms with Crippen LogP contribution in [0, 0.1) is 0 Å². The number of aliphatic carboxylic acids is 1. The third-order valence-corrected chi connectivity index (χ3v) is 7.34. The van der Waals surface area contributed by atoms with Gasteiger partial charge in [-0.3, -0.25) is 4.79 Å². The Morgan fingerprint density at radius 2 is 1.57 bits per heavy atom. The number of carbonyl (C=O) groups excluding carboxylic acids is 1. The highest BCUT2D eigenvalue weighted by molar-refractivity contribution is 7.13. The van der Waals surface area contributed by atoms with Crippen molar-refractivity contribution >= 4 is 29.3 Å². The molecule has 0 fully saturated rings. The second kappa shape index (κ2) is 14.8. The van der Waals surface area contributed by atoms with Crippen LogP contribution in [0.5, 0.6) is 5.75 Å². The van der Waals surface area contributed by atoms with E-state index < -0.39 is 5.97 Å². The SMILES string of the molecule is CCCCCc1ccc(CCNC(=O)/C=C/c2ccc(-c3scnc3-c3ccc(OCC(=O)O)cc3)cc2)cc1. The number of aryl methyl sites for hydroxylation is 1. The minimum absolute atomic E-state index is 0.110. The summed E-state index contributed by atoms with van der Waals surface area (Å²) < 4.78 is 5.21. The average molecular weight is 555 g/mol. The van der Waals surface area contributed by atoms with Crippen LogP contribution in [0.2, 0.25) is 0 Å². The van der Waals surface area contributed by atoms with Crippen molar-refractivity contribution in [3.63, 3.8) is 0 Å². The van der Waals surface area contributed by atoms with E-state index in [4.69, 9.17) is 9.84 Å². The molecule has 0 saturated heterocycles. The number of carbonyl (C=O) groups is 2. The fraction of sp³-hybridized carbons (Fsp3) is 0.242. The van der Waals surface area contributed by atoms with Gasteiger partial charge in [0.25, 0.3) is 0 Å². The molecule has 0 atom stereocenters. The lowest BCUT2D eigenvalue weighted by molar-refractivity contribution is -0.139. The number of carboxylic acids is 1. The van der Waals surface area contributed by atoms with Crippen LogP contribution in [-0.2, 0) is 22.4 Å². The molecule has 6 nitrogen and oxygen atoms in total. The van der Waals surface area contributed by atoms with E-state index in [0.29, 0.717) is 12.3 Å². The van der Waals surface area contributed by atoms with E-state index in [1.807, 2.05) is 42.5 Å². The van der Waals surface area contributed by atoms with Crippen molar-refractivity contribution in [3.8, 4) is 27.4 Å². The molecule has 1 heterocycles. The summed E-state index contributed by atoms with van der Waals surface area (Å²) in [6, 6.07) is 23.9. The van der Waals surface area contributed by atoms with Gasteiger partial charge in [0.15, 0.2) is 6.61 Å². The molecule has 4 rings (SSSR count). The second-order valence-electron chi connectivity index (χ2n) is 9.51. The summed E-state index contributed by atoms with van der Waals surface area (Å²) in [4.78, 5) is 28.6. The van der Waals surface area contributed by atoms with Gasteiger partial charge in [0.05, 0.1) is 16.1 Å². The topological polar surface area (TPSA) is 88.5 Å². The molecule has 1 amide bonds. The van der Waals surface area contributed by atoms with Gasteiger partial charge >= 0.3 is 5.97 Å². The number of benzene rings is 3. The van der Waals surface area contributed by atoms with E-state index in [0.717, 1.165) is 40.1 Å². The van der Waals surface area contributed by atoms with E-state index in [9.17, 15) is 9.59 Å². The summed E-state index contributed by atoms with van der Waals surface area (Å²) in [5, 5.41) is 11.7. The lowest BCUT2D eigenvalue weighted by Gasteiger charge is -2.06. The van der Waals surface area contributed by atoms with Gasteiger partial charge < -0.3 is 15.2 Å². The van der Waals surface area contributed by atoms with Crippen LogP contribution in [0.1, 0.15) is 42.9 Å². The van der Waals surface area contributed by atoms with Crippen LogP contribution in [0.4, 0.5) is 0 Å². The molecule has 0 radical (unpaired) electrons. The first kappa shape index (κ1) is 28.8. The van der Waals surface area contributed by atoms with Crippen LogP contribution in [0.25, 0.3) is 27.8 Å². The van der Waals surface area contributed by atoms with Crippen LogP contribution >= 0.6 is 11.3 Å². The number of amides is 1. The van der Waals surface area contributed by atoms with Crippen LogP contribution in [-0.4, -0.2) is 35.1 Å². The Balaban J connectivity index is 1.27. The summed E-state index contributed by atoms with van der Waals surface area (Å²) in [6.45, 7) is 2.44. The summed E-state index contributed by atoms with van der Waals surface area (Å²) in [5.41, 5.74) is 8.14. The lowest BCUT2D eigenvalue weighted by Crippen LogP contribution is -2.23. The number of nitrogens with one attached hydrogen (secondary N) is 1. The number of carboxylic acid groups (broad SMARTS) is 1. The van der Waals surface area contributed by atoms with Crippen molar-refractivity contribution in [2.45, 2.75) is 39.0 Å². The Labute approximate surface area is 239 Å². The zero-order valence-corrected chi connectivity index (χ0v) is 23.5. The van der Waals surface area contributed by atoms with Gasteiger partial charge in [0.1, 0.15) is 5.75 Å². The quantitative estimate of drug-likeness (QED) is 0.129. The Morgan fingerprint density at radius 3 is 2.25 bits per heavy atom. The zero-order chi connectivity index (χ0) is 28.2. The molecule has 0 unspecified atom stereocenters. The molecule has 0 saturated carbocycles. The maximum absolute atomic E-state index is 12.3. The third kappa shape index (κ3) is 8.64. The molecule has 2 N–H and O–H groups in total. The van der Waals surface area contributed by atoms with Crippen LogP contribution in [0.3, 0.4) is 0 Å². The first-order valence-electron chi connectivity index (χ1n) is 13.5. The van der Waals surface area contributed by atoms with Gasteiger partial charge in [-0.2, -0.15) is 0 Å². The van der Waals surface area contributed by atoms with Crippen molar-refractivity contribution in [1.82, 2.24) is 10.3 Å². The minimum Gasteiger partial charge on any atom is -0.482 e. The molecule has 0 aliphatic heterocycles. The van der Waals surface area contributed by atoms with Crippen molar-refractivity contribution in [1.29, 1.82) is 0 Å². The van der Waals surface area contributed by atoms with E-state index in [-0.39, 0.29) is 12.5 Å². The van der Waals surface area contributed by atoms with Gasteiger partial charge in [0.2, 0.25) is 5.91 Å². The van der Waals surface area contributed by atoms with Gasteiger partial charge in [-0.15, -0.1) is 11.3 Å². The number of thiazole rings is 1. The molecule has 206 valence electrons. The van der Waals surface area contributed by atoms with Gasteiger partial charge in [-0.25, -0.2) is 9.78 Å². The first-order valence-corrected chi connectivity index (χ1v) is 14.4. The summed E-state index contributed by atoms with van der Waals surface area (Å²) in [6.07, 6.45) is 9.05. The molecule has 3 aromatic carbocycles. The average Bonchev–Trinajstić information content (AvgIpc) is 3.47. The van der Waals surface area contributed by atoms with E-state index in [1.165, 1.54) is 30.4 Å². The van der Waals surface area contributed by atoms with Crippen molar-refractivity contribution in [2.75, 3.05) is 13.2 Å². The third-order valence-electron chi connectivity index (χ3n) is 6.46. The maximum Gasteiger partial charge on any atom is 0.341 e. The number of nitrogens with zero attached hydrogens (tertiary/aromatic N) is 1. The Bertz CT molecular complexity index is 1410. The predicted octanol–water partition coefficient (Wildman–Crippen LogP) is 7.05. The highest BCUT2D eigenvalue weighted by Crippen LogP contribution is 2.35. The molecule has 4 aromatic rings. The molecule has 0 bridgehead atoms. The molecular weight excluding hydrogens is 520 g/mol. The Hall–Kier alpha value is -4.23. The standard InChI is InChI=1S/C33H34N2O4S/c1-2-3-4-5-24-6-8-26(9-7-24)20-21-34-30(36)19-12-25-10-13-28(14-11-25)33-32(35-23-40-33)27-15-17-29(18-16-27)39-22-31(37)38/h6-19,23H,2-5,20-22H2,1H3,(H,34,36)(H,37,38)/b19-12+. The number of hydrogen-bond donors (Lipinski definition) is 2. The maximum atomic E-state index is 12.3. The Morgan fingerprint density at radius 1 is 0.900 bits per heavy atom. The minimum atomic E-state index is -1.01. The zero-order valence-electron chi connectivity index (χ0n) is 22.6. The number of ether oxygens (including phenoxy) is 1. The van der Waals surface area contributed by atoms with E-state index in [2.05, 4.69) is 41.5 Å². The number of aromatic nitrogens is 1. The fourth-order valence-electron chi connectivity index (χ4n) is 4.27. The van der Waals surface area contributed by atoms with Gasteiger partial charge in [-0.1, -0.05) is 68.3 Å². The molecule has 0 spiro atoms. The lowest BCUT2D eigenvalue weighted by atomic mass is 10.0. The summed E-state index contributed by atoms with van der Waals surface area (Å²) in [7, 11) is 0. The molecule has 7 heteroatoms. The van der Waals surface area contributed by atoms with Gasteiger partial charge in [-0.05, 0) is 71.9 Å². The monoisotopic (exact) mass is 554 g/mol. The summed E-state index contributed by atoms with van der Waals surface area (Å²) in [5.74, 6) is -0.630. The van der Waals surface area contributed by atoms with Crippen LogP contribution < -0.4 is 10.1 Å². The number of rotatable bonds is 14. The highest BCUT2D eigenvalue weighted by Gasteiger charge is 2.11. The van der Waals surface area contributed by atoms with E-state index >= 15 is 0 Å². The van der Waals surface area contributed by atoms with Crippen molar-refractivity contribution in [3.05, 3.63) is 101 Å². The summed E-state index contributed by atoms with van der Waals surface area (Å²) >= 11 is 1.55. The molecular formula is C33H34N2O4S. The van der Waals surface area contributed by atoms with Crippen molar-refractivity contribution in [2.24, 2.45) is 0 Å². The smallest absolute Gasteiger partial charge is 0.341 e. The highest BCUT2D eigenvalue weighted by atomic mass is 32.1. The number of hydrogen-bond acceptors (Lipinski definition) is 5. The second-order valence-corrected chi connectivity index (χ2v) is 10.4. The largest absolute Gasteiger partial charge is 0.482 e. The Kier molecular flexibility index (Phi) is 10.6. The first-order chi connectivity index (χ1) is 19.5. The normalized spacial score (nSPS) is 11.0. The number of unbranched alkanes of at least 4 members (excludes halogenated alkanes) is 2. The fourth-order valence-corrected chi connectivity index (χ4v) is 5.09. The molecule has 0 aliphatic carbocycles. The predicted molar refractivity (Wildman–Crippen MR) is 162 cm³/mol. The van der Waals surface area contributed by atoms with Crippen molar-refractivity contribution < 1.29 is 19.4 Å². The van der Waals surface area contributed by atoms with Crippen LogP contribution in [0.15, 0.2) is 84.4 Å². The molecule has 1 aromatic heterocycles. The van der Waals surface area contributed by atoms with Gasteiger partial charge in [0, 0.05) is 18.2 Å². The molecule has 40 heavy (non-hydrogen) atoms. The van der Waals surface area contributed by atoms with E-state index in [1.54, 1.807) is 35.1 Å². The molecule has 0 aliphatic rings.